The third kappa shape index (κ3) is 4.34. The molecule has 0 fully saturated rings. The van der Waals surface area contributed by atoms with E-state index in [2.05, 4.69) is 25.3 Å². The molecule has 2 heterocycles. The van der Waals surface area contributed by atoms with E-state index in [-0.39, 0.29) is 28.6 Å². The SMILES string of the molecule is CC(C)N1c2ccc(N=Nc3nncs3)c(NS(=O)(=O)C(F)(F)F)c2CCC1C. The summed E-state index contributed by atoms with van der Waals surface area (Å²) in [7, 11) is -5.63. The molecular formula is C16H19F3N6O2S2. The van der Waals surface area contributed by atoms with Crippen molar-refractivity contribution in [3.63, 3.8) is 0 Å². The van der Waals surface area contributed by atoms with Crippen LogP contribution in [-0.4, -0.2) is 36.2 Å². The van der Waals surface area contributed by atoms with E-state index in [1.807, 2.05) is 20.8 Å². The number of benzene rings is 1. The standard InChI is InChI=1S/C16H19F3N6O2S2/c1-9(2)25-10(3)4-5-11-13(25)7-6-12(21-23-15-22-20-8-28-15)14(11)24-29(26,27)16(17,18)19/h6-10,24H,4-5H2,1-3H3. The molecule has 1 aromatic heterocycles. The summed E-state index contributed by atoms with van der Waals surface area (Å²) in [4.78, 5) is 2.05. The molecule has 0 radical (unpaired) electrons. The van der Waals surface area contributed by atoms with Crippen molar-refractivity contribution in [1.29, 1.82) is 0 Å². The monoisotopic (exact) mass is 448 g/mol. The number of hydrogen-bond acceptors (Lipinski definition) is 8. The Morgan fingerprint density at radius 2 is 2.03 bits per heavy atom. The average molecular weight is 448 g/mol. The van der Waals surface area contributed by atoms with Crippen molar-refractivity contribution < 1.29 is 21.6 Å². The summed E-state index contributed by atoms with van der Waals surface area (Å²) in [6, 6.07) is 3.41. The van der Waals surface area contributed by atoms with Crippen LogP contribution in [0.25, 0.3) is 0 Å². The van der Waals surface area contributed by atoms with Gasteiger partial charge in [-0.25, -0.2) is 0 Å². The Morgan fingerprint density at radius 1 is 1.31 bits per heavy atom. The molecule has 29 heavy (non-hydrogen) atoms. The van der Waals surface area contributed by atoms with Crippen molar-refractivity contribution in [2.45, 2.75) is 51.2 Å². The fraction of sp³-hybridized carbons (Fsp3) is 0.500. The molecule has 0 bridgehead atoms. The minimum absolute atomic E-state index is 0.0231. The van der Waals surface area contributed by atoms with E-state index < -0.39 is 15.5 Å². The third-order valence-electron chi connectivity index (χ3n) is 4.52. The summed E-state index contributed by atoms with van der Waals surface area (Å²) < 4.78 is 64.4. The first-order valence-electron chi connectivity index (χ1n) is 8.72. The van der Waals surface area contributed by atoms with Gasteiger partial charge in [0.05, 0.1) is 5.69 Å². The molecule has 1 atom stereocenters. The van der Waals surface area contributed by atoms with Crippen molar-refractivity contribution in [3.05, 3.63) is 23.2 Å². The number of hydrogen-bond donors (Lipinski definition) is 1. The van der Waals surface area contributed by atoms with E-state index in [0.29, 0.717) is 24.1 Å². The molecule has 1 aliphatic heterocycles. The van der Waals surface area contributed by atoms with Crippen LogP contribution in [0.5, 0.6) is 0 Å². The molecule has 1 N–H and O–H groups in total. The predicted molar refractivity (Wildman–Crippen MR) is 105 cm³/mol. The number of nitrogens with zero attached hydrogens (tertiary/aromatic N) is 5. The van der Waals surface area contributed by atoms with Crippen molar-refractivity contribution >= 4 is 43.6 Å². The van der Waals surface area contributed by atoms with Gasteiger partial charge in [-0.2, -0.15) is 21.6 Å². The quantitative estimate of drug-likeness (QED) is 0.665. The van der Waals surface area contributed by atoms with Gasteiger partial charge in [0, 0.05) is 23.3 Å². The fourth-order valence-corrected chi connectivity index (χ4v) is 4.32. The second-order valence-electron chi connectivity index (χ2n) is 6.82. The van der Waals surface area contributed by atoms with E-state index in [0.717, 1.165) is 11.3 Å². The fourth-order valence-electron chi connectivity index (χ4n) is 3.33. The highest BCUT2D eigenvalue weighted by atomic mass is 32.2. The Hall–Kier alpha value is -2.28. The van der Waals surface area contributed by atoms with Crippen LogP contribution in [0.4, 0.5) is 35.4 Å². The second-order valence-corrected chi connectivity index (χ2v) is 9.30. The van der Waals surface area contributed by atoms with Gasteiger partial charge >= 0.3 is 15.5 Å². The molecule has 2 aromatic rings. The van der Waals surface area contributed by atoms with Gasteiger partial charge in [0.25, 0.3) is 5.13 Å². The van der Waals surface area contributed by atoms with E-state index in [1.54, 1.807) is 10.8 Å². The van der Waals surface area contributed by atoms with Crippen LogP contribution in [0.2, 0.25) is 0 Å². The van der Waals surface area contributed by atoms with E-state index >= 15 is 0 Å². The largest absolute Gasteiger partial charge is 0.516 e. The van der Waals surface area contributed by atoms with Gasteiger partial charge < -0.3 is 4.90 Å². The Kier molecular flexibility index (Phi) is 5.81. The van der Waals surface area contributed by atoms with Crippen molar-refractivity contribution in [1.82, 2.24) is 10.2 Å². The minimum Gasteiger partial charge on any atom is -0.366 e. The predicted octanol–water partition coefficient (Wildman–Crippen LogP) is 4.76. The van der Waals surface area contributed by atoms with Crippen LogP contribution in [-0.2, 0) is 16.4 Å². The molecule has 0 amide bonds. The number of sulfonamides is 1. The second kappa shape index (κ2) is 7.86. The Labute approximate surface area is 169 Å². The summed E-state index contributed by atoms with van der Waals surface area (Å²) in [6.07, 6.45) is 1.06. The van der Waals surface area contributed by atoms with Crippen molar-refractivity contribution in [2.24, 2.45) is 10.2 Å². The van der Waals surface area contributed by atoms with Crippen LogP contribution >= 0.6 is 11.3 Å². The molecule has 0 saturated heterocycles. The molecule has 1 aromatic carbocycles. The highest BCUT2D eigenvalue weighted by molar-refractivity contribution is 7.93. The lowest BCUT2D eigenvalue weighted by Gasteiger charge is -2.41. The first kappa shape index (κ1) is 21.4. The Bertz CT molecular complexity index is 1010. The lowest BCUT2D eigenvalue weighted by Crippen LogP contribution is -2.42. The zero-order valence-corrected chi connectivity index (χ0v) is 17.4. The molecular weight excluding hydrogens is 429 g/mol. The van der Waals surface area contributed by atoms with Crippen LogP contribution in [0.3, 0.4) is 0 Å². The highest BCUT2D eigenvalue weighted by Gasteiger charge is 2.47. The van der Waals surface area contributed by atoms with E-state index in [9.17, 15) is 21.6 Å². The lowest BCUT2D eigenvalue weighted by atomic mass is 9.93. The zero-order valence-electron chi connectivity index (χ0n) is 15.8. The molecule has 0 spiro atoms. The van der Waals surface area contributed by atoms with Gasteiger partial charge in [0.1, 0.15) is 11.2 Å². The van der Waals surface area contributed by atoms with Crippen molar-refractivity contribution in [2.75, 3.05) is 9.62 Å². The van der Waals surface area contributed by atoms with Crippen LogP contribution in [0.15, 0.2) is 27.9 Å². The molecule has 3 rings (SSSR count). The number of fused-ring (bicyclic) bond motifs is 1. The minimum atomic E-state index is -5.63. The molecule has 8 nitrogen and oxygen atoms in total. The summed E-state index contributed by atoms with van der Waals surface area (Å²) in [5.41, 5.74) is -3.14. The molecule has 0 aliphatic carbocycles. The normalized spacial score (nSPS) is 17.8. The maximum absolute atomic E-state index is 13.0. The maximum atomic E-state index is 13.0. The first-order chi connectivity index (χ1) is 13.5. The van der Waals surface area contributed by atoms with Gasteiger partial charge in [-0.3, -0.25) is 4.72 Å². The number of rotatable bonds is 5. The third-order valence-corrected chi connectivity index (χ3v) is 6.18. The molecule has 158 valence electrons. The summed E-state index contributed by atoms with van der Waals surface area (Å²) in [5, 5.41) is 15.3. The number of azo groups is 1. The molecule has 0 saturated carbocycles. The number of aromatic nitrogens is 2. The zero-order chi connectivity index (χ0) is 21.4. The molecule has 1 unspecified atom stereocenters. The topological polar surface area (TPSA) is 99.9 Å². The number of nitrogens with one attached hydrogen (secondary N) is 1. The van der Waals surface area contributed by atoms with Crippen LogP contribution in [0.1, 0.15) is 32.8 Å². The maximum Gasteiger partial charge on any atom is 0.516 e. The molecule has 1 aliphatic rings. The Balaban J connectivity index is 2.15. The van der Waals surface area contributed by atoms with Gasteiger partial charge in [0.15, 0.2) is 0 Å². The number of anilines is 2. The number of halogens is 3. The first-order valence-corrected chi connectivity index (χ1v) is 11.1. The van der Waals surface area contributed by atoms with Gasteiger partial charge in [-0.05, 0) is 45.7 Å². The summed E-state index contributed by atoms with van der Waals surface area (Å²) in [5.74, 6) is 0. The smallest absolute Gasteiger partial charge is 0.366 e. The van der Waals surface area contributed by atoms with Crippen LogP contribution < -0.4 is 9.62 Å². The Morgan fingerprint density at radius 3 is 2.62 bits per heavy atom. The van der Waals surface area contributed by atoms with Gasteiger partial charge in [-0.15, -0.1) is 20.4 Å². The molecule has 13 heteroatoms. The summed E-state index contributed by atoms with van der Waals surface area (Å²) >= 11 is 1.09. The lowest BCUT2D eigenvalue weighted by molar-refractivity contribution is -0.0429. The van der Waals surface area contributed by atoms with Crippen molar-refractivity contribution in [3.8, 4) is 0 Å². The van der Waals surface area contributed by atoms with Crippen LogP contribution in [0, 0.1) is 0 Å². The van der Waals surface area contributed by atoms with E-state index in [4.69, 9.17) is 0 Å². The number of alkyl halides is 3. The van der Waals surface area contributed by atoms with Gasteiger partial charge in [0.2, 0.25) is 0 Å². The van der Waals surface area contributed by atoms with Gasteiger partial charge in [-0.1, -0.05) is 11.3 Å². The summed E-state index contributed by atoms with van der Waals surface area (Å²) in [6.45, 7) is 5.95. The average Bonchev–Trinajstić information content (AvgIpc) is 3.12. The van der Waals surface area contributed by atoms with E-state index in [1.165, 1.54) is 11.6 Å². The highest BCUT2D eigenvalue weighted by Crippen LogP contribution is 2.43.